The van der Waals surface area contributed by atoms with Crippen LogP contribution in [-0.4, -0.2) is 33.5 Å². The van der Waals surface area contributed by atoms with Gasteiger partial charge >= 0.3 is 0 Å². The molecule has 1 N–H and O–H groups in total. The summed E-state index contributed by atoms with van der Waals surface area (Å²) >= 11 is 7.74. The van der Waals surface area contributed by atoms with Crippen LogP contribution in [0, 0.1) is 0 Å². The largest absolute Gasteiger partial charge is 0.493 e. The molecule has 2 aromatic carbocycles. The predicted octanol–water partition coefficient (Wildman–Crippen LogP) is 4.58. The monoisotopic (exact) mass is 395 g/mol. The lowest BCUT2D eigenvalue weighted by Crippen LogP contribution is -2.27. The molecule has 0 aliphatic heterocycles. The molecule has 1 atom stereocenters. The normalized spacial score (nSPS) is 11.6. The SMILES string of the molecule is COc1cc(C(C)NC(=O)c2cc(SC)ccc2Cl)cc(OC)c1OC. The summed E-state index contributed by atoms with van der Waals surface area (Å²) in [7, 11) is 4.65. The summed E-state index contributed by atoms with van der Waals surface area (Å²) in [5.41, 5.74) is 1.27. The second-order valence-electron chi connectivity index (χ2n) is 5.50. The zero-order valence-corrected chi connectivity index (χ0v) is 17.0. The number of ether oxygens (including phenoxy) is 3. The smallest absolute Gasteiger partial charge is 0.253 e. The van der Waals surface area contributed by atoms with Crippen LogP contribution in [0.3, 0.4) is 0 Å². The Morgan fingerprint density at radius 2 is 1.69 bits per heavy atom. The number of hydrogen-bond acceptors (Lipinski definition) is 5. The maximum absolute atomic E-state index is 12.7. The number of carbonyl (C=O) groups excluding carboxylic acids is 1. The highest BCUT2D eigenvalue weighted by molar-refractivity contribution is 7.98. The van der Waals surface area contributed by atoms with Gasteiger partial charge < -0.3 is 19.5 Å². The van der Waals surface area contributed by atoms with Crippen LogP contribution in [0.5, 0.6) is 17.2 Å². The van der Waals surface area contributed by atoms with E-state index < -0.39 is 0 Å². The summed E-state index contributed by atoms with van der Waals surface area (Å²) in [6.07, 6.45) is 1.95. The van der Waals surface area contributed by atoms with Gasteiger partial charge in [0.25, 0.3) is 5.91 Å². The second kappa shape index (κ2) is 9.05. The quantitative estimate of drug-likeness (QED) is 0.695. The van der Waals surface area contributed by atoms with Gasteiger partial charge in [-0.15, -0.1) is 11.8 Å². The Morgan fingerprint density at radius 3 is 2.19 bits per heavy atom. The van der Waals surface area contributed by atoms with Gasteiger partial charge in [0.15, 0.2) is 11.5 Å². The summed E-state index contributed by atoms with van der Waals surface area (Å²) in [6.45, 7) is 1.88. The van der Waals surface area contributed by atoms with Gasteiger partial charge in [-0.3, -0.25) is 4.79 Å². The fourth-order valence-corrected chi connectivity index (χ4v) is 3.16. The van der Waals surface area contributed by atoms with Crippen molar-refractivity contribution in [2.45, 2.75) is 17.9 Å². The van der Waals surface area contributed by atoms with Crippen LogP contribution in [0.1, 0.15) is 28.9 Å². The highest BCUT2D eigenvalue weighted by Crippen LogP contribution is 2.39. The van der Waals surface area contributed by atoms with Crippen molar-refractivity contribution in [2.75, 3.05) is 27.6 Å². The highest BCUT2D eigenvalue weighted by atomic mass is 35.5. The summed E-state index contributed by atoms with van der Waals surface area (Å²) in [6, 6.07) is 8.73. The molecule has 140 valence electrons. The van der Waals surface area contributed by atoms with Crippen molar-refractivity contribution in [2.24, 2.45) is 0 Å². The summed E-state index contributed by atoms with van der Waals surface area (Å²) in [4.78, 5) is 13.6. The van der Waals surface area contributed by atoms with Crippen LogP contribution in [-0.2, 0) is 0 Å². The van der Waals surface area contributed by atoms with Crippen LogP contribution in [0.15, 0.2) is 35.2 Å². The first-order valence-corrected chi connectivity index (χ1v) is 9.49. The lowest BCUT2D eigenvalue weighted by atomic mass is 10.1. The number of thioether (sulfide) groups is 1. The van der Waals surface area contributed by atoms with E-state index in [-0.39, 0.29) is 11.9 Å². The predicted molar refractivity (Wildman–Crippen MR) is 105 cm³/mol. The number of rotatable bonds is 7. The molecular formula is C19H22ClNO4S. The zero-order valence-electron chi connectivity index (χ0n) is 15.4. The number of amides is 1. The van der Waals surface area contributed by atoms with Gasteiger partial charge in [0.2, 0.25) is 5.75 Å². The highest BCUT2D eigenvalue weighted by Gasteiger charge is 2.19. The average Bonchev–Trinajstić information content (AvgIpc) is 2.66. The third-order valence-corrected chi connectivity index (χ3v) is 5.01. The zero-order chi connectivity index (χ0) is 19.3. The van der Waals surface area contributed by atoms with Crippen molar-refractivity contribution in [1.82, 2.24) is 5.32 Å². The summed E-state index contributed by atoms with van der Waals surface area (Å²) in [5, 5.41) is 3.37. The molecule has 1 amide bonds. The van der Waals surface area contributed by atoms with Crippen molar-refractivity contribution in [3.8, 4) is 17.2 Å². The molecule has 0 saturated heterocycles. The van der Waals surface area contributed by atoms with Gasteiger partial charge in [-0.05, 0) is 49.1 Å². The van der Waals surface area contributed by atoms with Crippen molar-refractivity contribution in [3.63, 3.8) is 0 Å². The first kappa shape index (κ1) is 20.3. The molecule has 26 heavy (non-hydrogen) atoms. The van der Waals surface area contributed by atoms with E-state index in [4.69, 9.17) is 25.8 Å². The molecule has 0 saturated carbocycles. The van der Waals surface area contributed by atoms with Gasteiger partial charge in [0.1, 0.15) is 0 Å². The van der Waals surface area contributed by atoms with Crippen LogP contribution in [0.4, 0.5) is 0 Å². The van der Waals surface area contributed by atoms with Crippen molar-refractivity contribution >= 4 is 29.3 Å². The molecule has 0 bridgehead atoms. The Kier molecular flexibility index (Phi) is 7.06. The van der Waals surface area contributed by atoms with E-state index in [0.29, 0.717) is 27.8 Å². The second-order valence-corrected chi connectivity index (χ2v) is 6.79. The topological polar surface area (TPSA) is 56.8 Å². The minimum Gasteiger partial charge on any atom is -0.493 e. The van der Waals surface area contributed by atoms with Gasteiger partial charge in [-0.25, -0.2) is 0 Å². The molecule has 0 aliphatic carbocycles. The first-order chi connectivity index (χ1) is 12.4. The molecule has 0 radical (unpaired) electrons. The third kappa shape index (κ3) is 4.37. The molecule has 1 unspecified atom stereocenters. The minimum absolute atomic E-state index is 0.243. The number of methoxy groups -OCH3 is 3. The summed E-state index contributed by atoms with van der Waals surface area (Å²) in [5.74, 6) is 1.33. The van der Waals surface area contributed by atoms with Gasteiger partial charge in [-0.1, -0.05) is 11.6 Å². The maximum atomic E-state index is 12.7. The van der Waals surface area contributed by atoms with Crippen LogP contribution in [0.25, 0.3) is 0 Å². The lowest BCUT2D eigenvalue weighted by molar-refractivity contribution is 0.0939. The van der Waals surface area contributed by atoms with E-state index in [1.54, 1.807) is 45.2 Å². The molecule has 0 spiro atoms. The lowest BCUT2D eigenvalue weighted by Gasteiger charge is -2.19. The fourth-order valence-electron chi connectivity index (χ4n) is 2.51. The Balaban J connectivity index is 2.29. The Labute approximate surface area is 163 Å². The number of benzene rings is 2. The minimum atomic E-state index is -0.287. The van der Waals surface area contributed by atoms with E-state index >= 15 is 0 Å². The molecule has 2 aromatic rings. The molecule has 2 rings (SSSR count). The maximum Gasteiger partial charge on any atom is 0.253 e. The third-order valence-electron chi connectivity index (χ3n) is 3.95. The van der Waals surface area contributed by atoms with E-state index in [9.17, 15) is 4.79 Å². The molecule has 0 aliphatic rings. The van der Waals surface area contributed by atoms with Gasteiger partial charge in [0, 0.05) is 4.90 Å². The number of halogens is 1. The van der Waals surface area contributed by atoms with Gasteiger partial charge in [-0.2, -0.15) is 0 Å². The Morgan fingerprint density at radius 1 is 1.08 bits per heavy atom. The molecule has 5 nitrogen and oxygen atoms in total. The molecule has 0 heterocycles. The van der Waals surface area contributed by atoms with E-state index in [2.05, 4.69) is 5.32 Å². The standard InChI is InChI=1S/C19H22ClNO4S/c1-11(12-8-16(23-2)18(25-4)17(9-12)24-3)21-19(22)14-10-13(26-5)6-7-15(14)20/h6-11H,1-5H3,(H,21,22). The molecular weight excluding hydrogens is 374 g/mol. The van der Waals surface area contributed by atoms with Crippen LogP contribution in [0.2, 0.25) is 5.02 Å². The van der Waals surface area contributed by atoms with Gasteiger partial charge in [0.05, 0.1) is 38.0 Å². The van der Waals surface area contributed by atoms with Crippen LogP contribution >= 0.6 is 23.4 Å². The summed E-state index contributed by atoms with van der Waals surface area (Å²) < 4.78 is 16.1. The fraction of sp³-hybridized carbons (Fsp3) is 0.316. The molecule has 0 aromatic heterocycles. The number of nitrogens with one attached hydrogen (secondary N) is 1. The molecule has 7 heteroatoms. The Hall–Kier alpha value is -2.05. The van der Waals surface area contributed by atoms with Crippen molar-refractivity contribution in [3.05, 3.63) is 46.5 Å². The van der Waals surface area contributed by atoms with E-state index in [0.717, 1.165) is 10.5 Å². The van der Waals surface area contributed by atoms with E-state index in [1.165, 1.54) is 0 Å². The first-order valence-electron chi connectivity index (χ1n) is 7.89. The molecule has 0 fully saturated rings. The Bertz CT molecular complexity index is 772. The number of carbonyl (C=O) groups is 1. The van der Waals surface area contributed by atoms with E-state index in [1.807, 2.05) is 31.4 Å². The van der Waals surface area contributed by atoms with Crippen LogP contribution < -0.4 is 19.5 Å². The van der Waals surface area contributed by atoms with Crippen molar-refractivity contribution in [1.29, 1.82) is 0 Å². The van der Waals surface area contributed by atoms with Crippen molar-refractivity contribution < 1.29 is 19.0 Å². The average molecular weight is 396 g/mol. The number of hydrogen-bond donors (Lipinski definition) is 1.